The topological polar surface area (TPSA) is 70.1 Å². The predicted molar refractivity (Wildman–Crippen MR) is 69.2 cm³/mol. The number of carbonyl (C=O) groups excluding carboxylic acids is 1. The second-order valence-electron chi connectivity index (χ2n) is 5.24. The number of hydrogen-bond donors (Lipinski definition) is 1. The second-order valence-corrected chi connectivity index (χ2v) is 5.24. The number of nitrogens with two attached hydrogens (primary N) is 1. The van der Waals surface area contributed by atoms with Crippen molar-refractivity contribution in [1.29, 1.82) is 0 Å². The van der Waals surface area contributed by atoms with Gasteiger partial charge in [0.15, 0.2) is 0 Å². The van der Waals surface area contributed by atoms with Crippen LogP contribution >= 0.6 is 0 Å². The van der Waals surface area contributed by atoms with Gasteiger partial charge in [0.25, 0.3) is 0 Å². The molecule has 102 valence electrons. The van der Waals surface area contributed by atoms with Crippen molar-refractivity contribution in [2.45, 2.75) is 32.9 Å². The van der Waals surface area contributed by atoms with Crippen LogP contribution in [0.1, 0.15) is 26.3 Å². The lowest BCUT2D eigenvalue weighted by Gasteiger charge is -2.19. The van der Waals surface area contributed by atoms with E-state index in [2.05, 4.69) is 5.10 Å². The maximum atomic E-state index is 13.7. The Morgan fingerprint density at radius 1 is 1.47 bits per heavy atom. The highest BCUT2D eigenvalue weighted by Gasteiger charge is 2.20. The third-order valence-electron chi connectivity index (χ3n) is 2.52. The minimum atomic E-state index is -0.637. The first kappa shape index (κ1) is 13.5. The fourth-order valence-electron chi connectivity index (χ4n) is 1.70. The van der Waals surface area contributed by atoms with Crippen molar-refractivity contribution in [2.75, 3.05) is 0 Å². The number of ether oxygens (including phenoxy) is 1. The van der Waals surface area contributed by atoms with E-state index < -0.39 is 17.5 Å². The van der Waals surface area contributed by atoms with Crippen molar-refractivity contribution in [3.63, 3.8) is 0 Å². The minimum Gasteiger partial charge on any atom is -0.442 e. The number of rotatable bonds is 1. The Morgan fingerprint density at radius 3 is 2.74 bits per heavy atom. The third kappa shape index (κ3) is 2.73. The number of aromatic nitrogens is 2. The molecule has 6 heteroatoms. The van der Waals surface area contributed by atoms with Crippen LogP contribution in [0.2, 0.25) is 0 Å². The molecule has 0 unspecified atom stereocenters. The molecule has 2 N–H and O–H groups in total. The number of hydrogen-bond acceptors (Lipinski definition) is 4. The van der Waals surface area contributed by atoms with E-state index >= 15 is 0 Å². The Kier molecular flexibility index (Phi) is 3.28. The van der Waals surface area contributed by atoms with Gasteiger partial charge in [-0.2, -0.15) is 9.78 Å². The molecular formula is C13H16FN3O2. The highest BCUT2D eigenvalue weighted by atomic mass is 19.1. The number of fused-ring (bicyclic) bond motifs is 1. The molecule has 0 fully saturated rings. The van der Waals surface area contributed by atoms with Crippen LogP contribution in [-0.4, -0.2) is 21.5 Å². The van der Waals surface area contributed by atoms with E-state index in [0.717, 1.165) is 4.68 Å². The molecule has 19 heavy (non-hydrogen) atoms. The molecule has 0 aliphatic rings. The molecule has 0 atom stereocenters. The Labute approximate surface area is 110 Å². The number of carbonyl (C=O) groups is 1. The number of benzene rings is 1. The normalized spacial score (nSPS) is 11.8. The molecule has 1 aromatic carbocycles. The van der Waals surface area contributed by atoms with E-state index in [9.17, 15) is 9.18 Å². The van der Waals surface area contributed by atoms with Crippen LogP contribution in [0, 0.1) is 5.82 Å². The first-order valence-electron chi connectivity index (χ1n) is 5.91. The van der Waals surface area contributed by atoms with E-state index in [1.54, 1.807) is 26.8 Å². The van der Waals surface area contributed by atoms with E-state index in [-0.39, 0.29) is 6.54 Å². The molecule has 0 bridgehead atoms. The Hall–Kier alpha value is -1.95. The summed E-state index contributed by atoms with van der Waals surface area (Å²) in [6.07, 6.45) is 0.847. The lowest BCUT2D eigenvalue weighted by Crippen LogP contribution is -2.27. The van der Waals surface area contributed by atoms with Crippen molar-refractivity contribution < 1.29 is 13.9 Å². The lowest BCUT2D eigenvalue weighted by atomic mass is 10.1. The van der Waals surface area contributed by atoms with E-state index in [4.69, 9.17) is 10.5 Å². The number of nitrogens with zero attached hydrogens (tertiary/aromatic N) is 2. The first-order valence-corrected chi connectivity index (χ1v) is 5.91. The summed E-state index contributed by atoms with van der Waals surface area (Å²) in [6.45, 7) is 5.36. The first-order chi connectivity index (χ1) is 8.81. The average Bonchev–Trinajstić information content (AvgIpc) is 2.68. The molecule has 0 amide bonds. The van der Waals surface area contributed by atoms with Gasteiger partial charge in [0.1, 0.15) is 11.4 Å². The standard InChI is InChI=1S/C13H16FN3O2/c1-13(2,3)19-12(18)17-11-5-10(14)8(6-15)4-9(11)7-16-17/h4-5,7H,6,15H2,1-3H3. The zero-order valence-corrected chi connectivity index (χ0v) is 11.1. The highest BCUT2D eigenvalue weighted by Crippen LogP contribution is 2.20. The minimum absolute atomic E-state index is 0.0966. The van der Waals surface area contributed by atoms with Gasteiger partial charge in [-0.3, -0.25) is 0 Å². The maximum absolute atomic E-state index is 13.7. The molecule has 2 aromatic rings. The molecule has 2 rings (SSSR count). The quantitative estimate of drug-likeness (QED) is 0.859. The van der Waals surface area contributed by atoms with Gasteiger partial charge in [0, 0.05) is 23.6 Å². The summed E-state index contributed by atoms with van der Waals surface area (Å²) in [4.78, 5) is 11.9. The Balaban J connectivity index is 2.46. The van der Waals surface area contributed by atoms with Gasteiger partial charge in [0.05, 0.1) is 11.7 Å². The van der Waals surface area contributed by atoms with E-state index in [0.29, 0.717) is 16.5 Å². The molecule has 0 spiro atoms. The molecule has 0 saturated heterocycles. The van der Waals surface area contributed by atoms with E-state index in [1.807, 2.05) is 0 Å². The van der Waals surface area contributed by atoms with Crippen LogP contribution in [-0.2, 0) is 11.3 Å². The Morgan fingerprint density at radius 2 is 2.16 bits per heavy atom. The molecular weight excluding hydrogens is 249 g/mol. The smallest absolute Gasteiger partial charge is 0.435 e. The molecule has 0 aliphatic carbocycles. The summed E-state index contributed by atoms with van der Waals surface area (Å²) in [5, 5.41) is 4.58. The molecule has 5 nitrogen and oxygen atoms in total. The van der Waals surface area contributed by atoms with Gasteiger partial charge in [-0.25, -0.2) is 9.18 Å². The zero-order valence-electron chi connectivity index (χ0n) is 11.1. The van der Waals surface area contributed by atoms with Crippen molar-refractivity contribution >= 4 is 17.0 Å². The summed E-state index contributed by atoms with van der Waals surface area (Å²) >= 11 is 0. The summed E-state index contributed by atoms with van der Waals surface area (Å²) in [6, 6.07) is 2.83. The number of halogens is 1. The molecule has 1 aromatic heterocycles. The predicted octanol–water partition coefficient (Wildman–Crippen LogP) is 2.42. The van der Waals surface area contributed by atoms with Crippen LogP contribution in [0.4, 0.5) is 9.18 Å². The van der Waals surface area contributed by atoms with Gasteiger partial charge >= 0.3 is 6.09 Å². The lowest BCUT2D eigenvalue weighted by molar-refractivity contribution is 0.0522. The van der Waals surface area contributed by atoms with Crippen LogP contribution in [0.5, 0.6) is 0 Å². The monoisotopic (exact) mass is 265 g/mol. The van der Waals surface area contributed by atoms with Crippen molar-refractivity contribution in [3.05, 3.63) is 29.7 Å². The van der Waals surface area contributed by atoms with Crippen LogP contribution in [0.3, 0.4) is 0 Å². The summed E-state index contributed by atoms with van der Waals surface area (Å²) in [5.41, 5.74) is 5.55. The largest absolute Gasteiger partial charge is 0.442 e. The fraction of sp³-hybridized carbons (Fsp3) is 0.385. The van der Waals surface area contributed by atoms with Crippen molar-refractivity contribution in [3.8, 4) is 0 Å². The van der Waals surface area contributed by atoms with Gasteiger partial charge in [-0.1, -0.05) is 0 Å². The summed E-state index contributed by atoms with van der Waals surface area (Å²) in [7, 11) is 0. The molecule has 0 radical (unpaired) electrons. The SMILES string of the molecule is CC(C)(C)OC(=O)n1ncc2cc(CN)c(F)cc21. The highest BCUT2D eigenvalue weighted by molar-refractivity contribution is 5.88. The van der Waals surface area contributed by atoms with Gasteiger partial charge < -0.3 is 10.5 Å². The summed E-state index contributed by atoms with van der Waals surface area (Å²) in [5.74, 6) is -0.458. The second kappa shape index (κ2) is 4.62. The maximum Gasteiger partial charge on any atom is 0.435 e. The van der Waals surface area contributed by atoms with Crippen molar-refractivity contribution in [1.82, 2.24) is 9.78 Å². The Bertz CT molecular complexity index is 629. The average molecular weight is 265 g/mol. The van der Waals surface area contributed by atoms with Crippen molar-refractivity contribution in [2.24, 2.45) is 5.73 Å². The summed E-state index contributed by atoms with van der Waals surface area (Å²) < 4.78 is 20.0. The fourth-order valence-corrected chi connectivity index (χ4v) is 1.70. The van der Waals surface area contributed by atoms with Gasteiger partial charge in [-0.05, 0) is 26.8 Å². The van der Waals surface area contributed by atoms with Crippen LogP contribution in [0.15, 0.2) is 18.3 Å². The third-order valence-corrected chi connectivity index (χ3v) is 2.52. The van der Waals surface area contributed by atoms with Gasteiger partial charge in [0.2, 0.25) is 0 Å². The van der Waals surface area contributed by atoms with E-state index in [1.165, 1.54) is 12.3 Å². The molecule has 1 heterocycles. The zero-order chi connectivity index (χ0) is 14.2. The molecule has 0 aliphatic heterocycles. The van der Waals surface area contributed by atoms with Crippen LogP contribution in [0.25, 0.3) is 10.9 Å². The van der Waals surface area contributed by atoms with Gasteiger partial charge in [-0.15, -0.1) is 0 Å². The molecule has 0 saturated carbocycles. The van der Waals surface area contributed by atoms with Crippen LogP contribution < -0.4 is 5.73 Å².